The van der Waals surface area contributed by atoms with Crippen LogP contribution in [0.15, 0.2) is 40.9 Å². The van der Waals surface area contributed by atoms with E-state index in [4.69, 9.17) is 16.3 Å². The molecule has 0 bridgehead atoms. The minimum absolute atomic E-state index is 0.328. The number of hydrogen-bond acceptors (Lipinski definition) is 1. The van der Waals surface area contributed by atoms with Crippen molar-refractivity contribution >= 4 is 27.5 Å². The molecule has 0 saturated carbocycles. The van der Waals surface area contributed by atoms with Gasteiger partial charge in [-0.2, -0.15) is 0 Å². The zero-order valence-corrected chi connectivity index (χ0v) is 12.9. The molecule has 19 heavy (non-hydrogen) atoms. The number of alkyl halides is 1. The van der Waals surface area contributed by atoms with Crippen molar-refractivity contribution < 1.29 is 9.13 Å². The maximum absolute atomic E-state index is 13.4. The van der Waals surface area contributed by atoms with Crippen molar-refractivity contribution in [2.45, 2.75) is 12.3 Å². The Balaban J connectivity index is 2.51. The molecule has 0 fully saturated rings. The van der Waals surface area contributed by atoms with E-state index in [1.165, 1.54) is 12.1 Å². The van der Waals surface area contributed by atoms with Crippen molar-refractivity contribution in [1.82, 2.24) is 0 Å². The summed E-state index contributed by atoms with van der Waals surface area (Å²) in [5.41, 5.74) is 2.61. The Bertz CT molecular complexity index is 601. The molecule has 1 atom stereocenters. The summed E-state index contributed by atoms with van der Waals surface area (Å²) in [6, 6.07) is 10.3. The van der Waals surface area contributed by atoms with E-state index in [9.17, 15) is 4.39 Å². The van der Waals surface area contributed by atoms with E-state index in [-0.39, 0.29) is 5.82 Å². The smallest absolute Gasteiger partial charge is 0.124 e. The first-order chi connectivity index (χ1) is 9.02. The van der Waals surface area contributed by atoms with Crippen LogP contribution in [0.1, 0.15) is 22.1 Å². The van der Waals surface area contributed by atoms with Gasteiger partial charge in [0.1, 0.15) is 11.6 Å². The summed E-state index contributed by atoms with van der Waals surface area (Å²) >= 11 is 9.96. The van der Waals surface area contributed by atoms with Crippen LogP contribution in [0.4, 0.5) is 4.39 Å². The predicted octanol–water partition coefficient (Wildman–Crippen LogP) is 5.23. The summed E-state index contributed by atoms with van der Waals surface area (Å²) < 4.78 is 19.6. The fraction of sp³-hybridized carbons (Fsp3) is 0.200. The molecule has 100 valence electrons. The van der Waals surface area contributed by atoms with E-state index < -0.39 is 5.38 Å². The summed E-state index contributed by atoms with van der Waals surface area (Å²) in [5.74, 6) is 0.250. The number of aryl methyl sites for hydroxylation is 1. The summed E-state index contributed by atoms with van der Waals surface area (Å²) in [6.07, 6.45) is 0. The Morgan fingerprint density at radius 2 is 1.89 bits per heavy atom. The summed E-state index contributed by atoms with van der Waals surface area (Å²) in [5, 5.41) is -0.472. The molecule has 2 rings (SSSR count). The highest BCUT2D eigenvalue weighted by molar-refractivity contribution is 9.10. The maximum atomic E-state index is 13.4. The fourth-order valence-electron chi connectivity index (χ4n) is 1.93. The van der Waals surface area contributed by atoms with Crippen LogP contribution in [-0.4, -0.2) is 7.11 Å². The van der Waals surface area contributed by atoms with Crippen LogP contribution in [-0.2, 0) is 0 Å². The van der Waals surface area contributed by atoms with Crippen molar-refractivity contribution in [2.75, 3.05) is 7.11 Å². The molecule has 0 heterocycles. The number of rotatable bonds is 3. The molecule has 0 aromatic heterocycles. The second-order valence-electron chi connectivity index (χ2n) is 4.27. The zero-order valence-electron chi connectivity index (χ0n) is 10.6. The molecule has 2 aromatic rings. The highest BCUT2D eigenvalue weighted by Crippen LogP contribution is 2.38. The molecule has 0 N–H and O–H groups in total. The number of methoxy groups -OCH3 is 1. The highest BCUT2D eigenvalue weighted by atomic mass is 79.9. The molecular formula is C15H13BrClFO. The van der Waals surface area contributed by atoms with Crippen molar-refractivity contribution in [3.8, 4) is 5.75 Å². The lowest BCUT2D eigenvalue weighted by Crippen LogP contribution is -1.99. The molecule has 0 aliphatic rings. The van der Waals surface area contributed by atoms with Gasteiger partial charge < -0.3 is 4.74 Å². The Morgan fingerprint density at radius 1 is 1.16 bits per heavy atom. The Morgan fingerprint density at radius 3 is 2.58 bits per heavy atom. The molecule has 0 aliphatic heterocycles. The summed E-state index contributed by atoms with van der Waals surface area (Å²) in [6.45, 7) is 1.99. The second kappa shape index (κ2) is 5.93. The average Bonchev–Trinajstić information content (AvgIpc) is 2.40. The molecule has 0 amide bonds. The minimum atomic E-state index is -0.472. The van der Waals surface area contributed by atoms with Crippen LogP contribution in [0, 0.1) is 12.7 Å². The van der Waals surface area contributed by atoms with E-state index in [1.807, 2.05) is 25.1 Å². The lowest BCUT2D eigenvalue weighted by Gasteiger charge is -2.16. The molecule has 0 aliphatic carbocycles. The topological polar surface area (TPSA) is 9.23 Å². The van der Waals surface area contributed by atoms with E-state index >= 15 is 0 Å². The molecule has 2 aromatic carbocycles. The zero-order chi connectivity index (χ0) is 14.0. The molecule has 0 saturated heterocycles. The molecule has 1 unspecified atom stereocenters. The van der Waals surface area contributed by atoms with Crippen LogP contribution in [0.2, 0.25) is 0 Å². The van der Waals surface area contributed by atoms with Gasteiger partial charge in [0, 0.05) is 10.0 Å². The molecular weight excluding hydrogens is 331 g/mol. The number of benzene rings is 2. The van der Waals surface area contributed by atoms with Crippen LogP contribution >= 0.6 is 27.5 Å². The van der Waals surface area contributed by atoms with Gasteiger partial charge in [-0.1, -0.05) is 33.6 Å². The lowest BCUT2D eigenvalue weighted by molar-refractivity contribution is 0.409. The van der Waals surface area contributed by atoms with Gasteiger partial charge in [0.25, 0.3) is 0 Å². The number of hydrogen-bond donors (Lipinski definition) is 0. The van der Waals surface area contributed by atoms with E-state index in [1.54, 1.807) is 13.2 Å². The van der Waals surface area contributed by atoms with Crippen LogP contribution in [0.3, 0.4) is 0 Å². The third-order valence-electron chi connectivity index (χ3n) is 2.89. The number of halogens is 3. The van der Waals surface area contributed by atoms with Crippen molar-refractivity contribution in [1.29, 1.82) is 0 Å². The quantitative estimate of drug-likeness (QED) is 0.693. The van der Waals surface area contributed by atoms with Gasteiger partial charge in [0.05, 0.1) is 12.5 Å². The summed E-state index contributed by atoms with van der Waals surface area (Å²) in [4.78, 5) is 0. The average molecular weight is 344 g/mol. The van der Waals surface area contributed by atoms with Gasteiger partial charge in [-0.15, -0.1) is 11.6 Å². The third-order valence-corrected chi connectivity index (χ3v) is 4.08. The van der Waals surface area contributed by atoms with Gasteiger partial charge >= 0.3 is 0 Å². The Kier molecular flexibility index (Phi) is 4.48. The van der Waals surface area contributed by atoms with Crippen molar-refractivity contribution in [3.63, 3.8) is 0 Å². The molecule has 4 heteroatoms. The number of ether oxygens (including phenoxy) is 1. The fourth-order valence-corrected chi connectivity index (χ4v) is 2.89. The first-order valence-electron chi connectivity index (χ1n) is 5.76. The Hall–Kier alpha value is -1.06. The normalized spacial score (nSPS) is 12.3. The second-order valence-corrected chi connectivity index (χ2v) is 5.56. The highest BCUT2D eigenvalue weighted by Gasteiger charge is 2.19. The third kappa shape index (κ3) is 3.10. The van der Waals surface area contributed by atoms with Gasteiger partial charge in [0.15, 0.2) is 0 Å². The first-order valence-corrected chi connectivity index (χ1v) is 6.99. The SMILES string of the molecule is COc1ccc(F)cc1C(Cl)c1cc(C)ccc1Br. The van der Waals surface area contributed by atoms with Crippen molar-refractivity contribution in [3.05, 3.63) is 63.4 Å². The Labute approximate surface area is 125 Å². The van der Waals surface area contributed by atoms with E-state index in [0.717, 1.165) is 15.6 Å². The lowest BCUT2D eigenvalue weighted by atomic mass is 10.0. The standard InChI is InChI=1S/C15H13BrClFO/c1-9-3-5-13(16)11(7-9)15(17)12-8-10(18)4-6-14(12)19-2/h3-8,15H,1-2H3. The van der Waals surface area contributed by atoms with E-state index in [0.29, 0.717) is 11.3 Å². The van der Waals surface area contributed by atoms with Crippen molar-refractivity contribution in [2.24, 2.45) is 0 Å². The van der Waals surface area contributed by atoms with Crippen LogP contribution < -0.4 is 4.74 Å². The predicted molar refractivity (Wildman–Crippen MR) is 79.5 cm³/mol. The van der Waals surface area contributed by atoms with Gasteiger partial charge in [0.2, 0.25) is 0 Å². The largest absolute Gasteiger partial charge is 0.496 e. The van der Waals surface area contributed by atoms with Gasteiger partial charge in [-0.3, -0.25) is 0 Å². The van der Waals surface area contributed by atoms with Gasteiger partial charge in [-0.25, -0.2) is 4.39 Å². The molecule has 0 radical (unpaired) electrons. The first kappa shape index (κ1) is 14.4. The molecule has 0 spiro atoms. The monoisotopic (exact) mass is 342 g/mol. The summed E-state index contributed by atoms with van der Waals surface area (Å²) in [7, 11) is 1.55. The maximum Gasteiger partial charge on any atom is 0.124 e. The van der Waals surface area contributed by atoms with Gasteiger partial charge in [-0.05, 0) is 36.8 Å². The molecule has 1 nitrogen and oxygen atoms in total. The van der Waals surface area contributed by atoms with E-state index in [2.05, 4.69) is 15.9 Å². The minimum Gasteiger partial charge on any atom is -0.496 e. The van der Waals surface area contributed by atoms with Crippen LogP contribution in [0.25, 0.3) is 0 Å². The van der Waals surface area contributed by atoms with Crippen LogP contribution in [0.5, 0.6) is 5.75 Å².